The summed E-state index contributed by atoms with van der Waals surface area (Å²) in [6.07, 6.45) is 8.56. The quantitative estimate of drug-likeness (QED) is 0.302. The Hall–Kier alpha value is -2.04. The number of ether oxygens (including phenoxy) is 2. The van der Waals surface area contributed by atoms with Crippen LogP contribution in [0.1, 0.15) is 72.1 Å². The Balaban J connectivity index is 2.40. The molecule has 0 heterocycles. The molecule has 152 valence electrons. The van der Waals surface area contributed by atoms with Gasteiger partial charge in [0.2, 0.25) is 5.91 Å². The van der Waals surface area contributed by atoms with Crippen LogP contribution < -0.4 is 14.8 Å². The van der Waals surface area contributed by atoms with Gasteiger partial charge in [-0.05, 0) is 36.6 Å². The Kier molecular flexibility index (Phi) is 11.2. The zero-order chi connectivity index (χ0) is 20.1. The van der Waals surface area contributed by atoms with E-state index in [1.807, 2.05) is 13.8 Å². The Bertz CT molecular complexity index is 554. The van der Waals surface area contributed by atoms with Gasteiger partial charge in [-0.25, -0.2) is 4.79 Å². The normalized spacial score (nSPS) is 11.9. The molecule has 0 unspecified atom stereocenters. The number of methoxy groups -OCH3 is 1. The van der Waals surface area contributed by atoms with Crippen molar-refractivity contribution in [3.05, 3.63) is 24.3 Å². The fourth-order valence-electron chi connectivity index (χ4n) is 2.81. The first-order chi connectivity index (χ1) is 13.0. The van der Waals surface area contributed by atoms with E-state index in [4.69, 9.17) is 9.47 Å². The summed E-state index contributed by atoms with van der Waals surface area (Å²) in [6, 6.07) is 6.16. The van der Waals surface area contributed by atoms with Gasteiger partial charge in [-0.1, -0.05) is 59.3 Å². The predicted molar refractivity (Wildman–Crippen MR) is 108 cm³/mol. The lowest BCUT2D eigenvalue weighted by atomic mass is 10.0. The molecule has 0 aromatic heterocycles. The monoisotopic (exact) mass is 377 g/mol. The third-order valence-corrected chi connectivity index (χ3v) is 4.52. The molecule has 0 bridgehead atoms. The summed E-state index contributed by atoms with van der Waals surface area (Å²) in [6.45, 7) is 6.00. The summed E-state index contributed by atoms with van der Waals surface area (Å²) in [5, 5.41) is 2.83. The molecule has 1 atom stereocenters. The number of hydrogen-bond donors (Lipinski definition) is 1. The maximum absolute atomic E-state index is 12.5. The Morgan fingerprint density at radius 2 is 1.48 bits per heavy atom. The molecule has 1 amide bonds. The predicted octanol–water partition coefficient (Wildman–Crippen LogP) is 4.88. The molecule has 0 spiro atoms. The molecule has 0 aliphatic carbocycles. The van der Waals surface area contributed by atoms with Crippen LogP contribution in [-0.2, 0) is 9.59 Å². The zero-order valence-corrected chi connectivity index (χ0v) is 17.3. The van der Waals surface area contributed by atoms with E-state index in [0.717, 1.165) is 12.8 Å². The van der Waals surface area contributed by atoms with Crippen molar-refractivity contribution >= 4 is 11.9 Å². The van der Waals surface area contributed by atoms with E-state index in [9.17, 15) is 9.59 Å². The van der Waals surface area contributed by atoms with E-state index < -0.39 is 12.0 Å². The van der Waals surface area contributed by atoms with E-state index in [1.165, 1.54) is 32.1 Å². The average molecular weight is 378 g/mol. The lowest BCUT2D eigenvalue weighted by Crippen LogP contribution is -2.46. The molecule has 0 saturated carbocycles. The highest BCUT2D eigenvalue weighted by molar-refractivity contribution is 5.85. The second-order valence-corrected chi connectivity index (χ2v) is 7.26. The SMILES string of the molecule is CCCCCCCCCC(=O)N[C@H](C(=O)Oc1ccc(OC)cc1)C(C)C. The van der Waals surface area contributed by atoms with Crippen molar-refractivity contribution < 1.29 is 19.1 Å². The topological polar surface area (TPSA) is 64.6 Å². The van der Waals surface area contributed by atoms with E-state index in [2.05, 4.69) is 12.2 Å². The maximum Gasteiger partial charge on any atom is 0.334 e. The summed E-state index contributed by atoms with van der Waals surface area (Å²) in [5.74, 6) is 0.553. The third kappa shape index (κ3) is 9.45. The highest BCUT2D eigenvalue weighted by Crippen LogP contribution is 2.18. The van der Waals surface area contributed by atoms with Gasteiger partial charge in [-0.2, -0.15) is 0 Å². The number of carbonyl (C=O) groups excluding carboxylic acids is 2. The highest BCUT2D eigenvalue weighted by atomic mass is 16.5. The van der Waals surface area contributed by atoms with Gasteiger partial charge in [0.15, 0.2) is 0 Å². The van der Waals surface area contributed by atoms with E-state index in [1.54, 1.807) is 31.4 Å². The smallest absolute Gasteiger partial charge is 0.334 e. The van der Waals surface area contributed by atoms with Crippen LogP contribution in [0.3, 0.4) is 0 Å². The molecule has 5 heteroatoms. The number of amides is 1. The van der Waals surface area contributed by atoms with Gasteiger partial charge >= 0.3 is 5.97 Å². The first-order valence-electron chi connectivity index (χ1n) is 10.1. The zero-order valence-electron chi connectivity index (χ0n) is 17.3. The summed E-state index contributed by atoms with van der Waals surface area (Å²) in [7, 11) is 1.58. The largest absolute Gasteiger partial charge is 0.497 e. The number of esters is 1. The van der Waals surface area contributed by atoms with Crippen LogP contribution >= 0.6 is 0 Å². The molecular weight excluding hydrogens is 342 g/mol. The van der Waals surface area contributed by atoms with Crippen LogP contribution in [0.15, 0.2) is 24.3 Å². The summed E-state index contributed by atoms with van der Waals surface area (Å²) >= 11 is 0. The van der Waals surface area contributed by atoms with Crippen molar-refractivity contribution in [1.82, 2.24) is 5.32 Å². The highest BCUT2D eigenvalue weighted by Gasteiger charge is 2.26. The Morgan fingerprint density at radius 3 is 2.04 bits per heavy atom. The number of rotatable bonds is 13. The van der Waals surface area contributed by atoms with E-state index in [-0.39, 0.29) is 11.8 Å². The Morgan fingerprint density at radius 1 is 0.926 bits per heavy atom. The lowest BCUT2D eigenvalue weighted by molar-refractivity contribution is -0.140. The summed E-state index contributed by atoms with van der Waals surface area (Å²) < 4.78 is 10.5. The van der Waals surface area contributed by atoms with Crippen molar-refractivity contribution in [2.45, 2.75) is 78.2 Å². The standard InChI is InChI=1S/C22H35NO4/c1-5-6-7-8-9-10-11-12-20(24)23-21(17(2)3)22(25)27-19-15-13-18(26-4)14-16-19/h13-17,21H,5-12H2,1-4H3,(H,23,24)/t21-/m0/s1. The van der Waals surface area contributed by atoms with Crippen molar-refractivity contribution in [2.24, 2.45) is 5.92 Å². The summed E-state index contributed by atoms with van der Waals surface area (Å²) in [4.78, 5) is 24.7. The van der Waals surface area contributed by atoms with Gasteiger partial charge in [-0.3, -0.25) is 4.79 Å². The molecule has 27 heavy (non-hydrogen) atoms. The fraction of sp³-hybridized carbons (Fsp3) is 0.636. The minimum Gasteiger partial charge on any atom is -0.497 e. The van der Waals surface area contributed by atoms with Crippen LogP contribution in [-0.4, -0.2) is 25.0 Å². The van der Waals surface area contributed by atoms with Gasteiger partial charge in [0.05, 0.1) is 7.11 Å². The molecule has 0 aliphatic heterocycles. The molecule has 0 fully saturated rings. The third-order valence-electron chi connectivity index (χ3n) is 4.52. The van der Waals surface area contributed by atoms with Gasteiger partial charge in [-0.15, -0.1) is 0 Å². The van der Waals surface area contributed by atoms with Crippen LogP contribution in [0.2, 0.25) is 0 Å². The van der Waals surface area contributed by atoms with Gasteiger partial charge in [0.25, 0.3) is 0 Å². The molecule has 1 N–H and O–H groups in total. The van der Waals surface area contributed by atoms with Gasteiger partial charge in [0.1, 0.15) is 17.5 Å². The molecule has 1 aromatic carbocycles. The van der Waals surface area contributed by atoms with Gasteiger partial charge < -0.3 is 14.8 Å². The van der Waals surface area contributed by atoms with Crippen molar-refractivity contribution in [1.29, 1.82) is 0 Å². The van der Waals surface area contributed by atoms with E-state index in [0.29, 0.717) is 17.9 Å². The minimum atomic E-state index is -0.649. The first-order valence-corrected chi connectivity index (χ1v) is 10.1. The second kappa shape index (κ2) is 13.2. The minimum absolute atomic E-state index is 0.0475. The molecule has 0 aliphatic rings. The van der Waals surface area contributed by atoms with Crippen LogP contribution in [0.4, 0.5) is 0 Å². The second-order valence-electron chi connectivity index (χ2n) is 7.26. The average Bonchev–Trinajstić information content (AvgIpc) is 2.65. The molecule has 5 nitrogen and oxygen atoms in total. The molecular formula is C22H35NO4. The number of carbonyl (C=O) groups is 2. The fourth-order valence-corrected chi connectivity index (χ4v) is 2.81. The van der Waals surface area contributed by atoms with Crippen LogP contribution in [0, 0.1) is 5.92 Å². The van der Waals surface area contributed by atoms with Crippen molar-refractivity contribution in [3.8, 4) is 11.5 Å². The molecule has 1 rings (SSSR count). The van der Waals surface area contributed by atoms with Crippen LogP contribution in [0.25, 0.3) is 0 Å². The molecule has 1 aromatic rings. The lowest BCUT2D eigenvalue weighted by Gasteiger charge is -2.20. The van der Waals surface area contributed by atoms with Crippen LogP contribution in [0.5, 0.6) is 11.5 Å². The van der Waals surface area contributed by atoms with Gasteiger partial charge in [0, 0.05) is 6.42 Å². The van der Waals surface area contributed by atoms with E-state index >= 15 is 0 Å². The number of benzene rings is 1. The molecule has 0 radical (unpaired) electrons. The van der Waals surface area contributed by atoms with Crippen molar-refractivity contribution in [3.63, 3.8) is 0 Å². The first kappa shape index (κ1) is 23.0. The maximum atomic E-state index is 12.5. The number of nitrogens with one attached hydrogen (secondary N) is 1. The number of unbranched alkanes of at least 4 members (excludes halogenated alkanes) is 6. The summed E-state index contributed by atoms with van der Waals surface area (Å²) in [5.41, 5.74) is 0. The number of hydrogen-bond acceptors (Lipinski definition) is 4. The Labute approximate surface area is 163 Å². The van der Waals surface area contributed by atoms with Crippen molar-refractivity contribution in [2.75, 3.05) is 7.11 Å². The molecule has 0 saturated heterocycles.